The molecular formula is C33H50N2O10S2. The van der Waals surface area contributed by atoms with Gasteiger partial charge in [-0.15, -0.1) is 11.8 Å². The molecule has 1 amide bonds. The van der Waals surface area contributed by atoms with E-state index in [9.17, 15) is 32.1 Å². The van der Waals surface area contributed by atoms with Crippen LogP contribution in [-0.2, 0) is 44.5 Å². The summed E-state index contributed by atoms with van der Waals surface area (Å²) in [7, 11) is -2.96. The van der Waals surface area contributed by atoms with Crippen molar-refractivity contribution in [2.45, 2.75) is 95.2 Å². The number of ether oxygens (including phenoxy) is 3. The lowest BCUT2D eigenvalue weighted by atomic mass is 9.81. The third-order valence-electron chi connectivity index (χ3n) is 7.59. The molecule has 1 rings (SSSR count). The molecule has 0 radical (unpaired) electrons. The Bertz CT molecular complexity index is 1310. The molecule has 0 aromatic heterocycles. The number of esters is 2. The van der Waals surface area contributed by atoms with Gasteiger partial charge in [0.25, 0.3) is 10.1 Å². The zero-order valence-corrected chi connectivity index (χ0v) is 29.9. The quantitative estimate of drug-likeness (QED) is 0.0524. The monoisotopic (exact) mass is 698 g/mol. The number of nitrogens with zero attached hydrogens (tertiary/aromatic N) is 1. The molecular weight excluding hydrogens is 649 g/mol. The number of carbonyl (C=O) groups is 4. The van der Waals surface area contributed by atoms with Gasteiger partial charge in [0.2, 0.25) is 11.4 Å². The molecule has 2 N–H and O–H groups in total. The first-order valence-corrected chi connectivity index (χ1v) is 18.3. The first-order chi connectivity index (χ1) is 22.0. The van der Waals surface area contributed by atoms with Gasteiger partial charge in [-0.05, 0) is 38.7 Å². The van der Waals surface area contributed by atoms with E-state index in [1.807, 2.05) is 13.8 Å². The molecule has 0 saturated heterocycles. The third-order valence-corrected chi connectivity index (χ3v) is 9.99. The number of thioether (sulfide) groups is 1. The highest BCUT2D eigenvalue weighted by Crippen LogP contribution is 2.34. The van der Waals surface area contributed by atoms with Crippen molar-refractivity contribution in [2.24, 2.45) is 11.8 Å². The molecule has 12 nitrogen and oxygen atoms in total. The first-order valence-electron chi connectivity index (χ1n) is 15.7. The van der Waals surface area contributed by atoms with E-state index in [-0.39, 0.29) is 39.1 Å². The fourth-order valence-corrected chi connectivity index (χ4v) is 6.93. The Morgan fingerprint density at radius 2 is 1.64 bits per heavy atom. The van der Waals surface area contributed by atoms with Crippen molar-refractivity contribution < 1.29 is 46.4 Å². The summed E-state index contributed by atoms with van der Waals surface area (Å²) in [5.74, 6) is -4.00. The average molecular weight is 699 g/mol. The third kappa shape index (κ3) is 16.6. The minimum atomic E-state index is -4.43. The second-order valence-electron chi connectivity index (χ2n) is 12.5. The lowest BCUT2D eigenvalue weighted by molar-refractivity contribution is -0.154. The SMILES string of the molecule is [C-]#[N+]C(C)(CC)CC(CC(CC(SCc1ccc(C=O)cc1)C(=O)NC(C)(C)CS(=O)(=O)O)C(=O)OCCCC)C(=O)OCCOC. The second kappa shape index (κ2) is 20.4. The Hall–Kier alpha value is -2.99. The standard InChI is InChI=1S/C33H50N2O10S2/c1-8-10-15-44-30(38)26(18-27(20-33(5,9-2)34-6)31(39)45-17-16-43-7)19-28(29(37)35-32(3,4)23-47(40,41)42)46-22-25-13-11-24(21-36)12-14-25/h11-14,21,26-28H,8-10,15-20,22-23H2,1-5,7H3,(H,35,37)(H,40,41,42). The minimum absolute atomic E-state index is 0.00900. The number of carbonyl (C=O) groups excluding carboxylic acids is 4. The van der Waals surface area contributed by atoms with E-state index < -0.39 is 61.9 Å². The van der Waals surface area contributed by atoms with Gasteiger partial charge in [-0.2, -0.15) is 8.42 Å². The average Bonchev–Trinajstić information content (AvgIpc) is 3.00. The van der Waals surface area contributed by atoms with E-state index in [2.05, 4.69) is 10.2 Å². The number of hydrogen-bond acceptors (Lipinski definition) is 10. The maximum atomic E-state index is 13.7. The van der Waals surface area contributed by atoms with Gasteiger partial charge in [-0.3, -0.25) is 23.7 Å². The molecule has 1 aromatic carbocycles. The van der Waals surface area contributed by atoms with E-state index >= 15 is 0 Å². The van der Waals surface area contributed by atoms with E-state index in [1.165, 1.54) is 32.7 Å². The summed E-state index contributed by atoms with van der Waals surface area (Å²) in [6, 6.07) is 6.77. The number of aldehydes is 1. The molecule has 0 aliphatic carbocycles. The van der Waals surface area contributed by atoms with Crippen molar-refractivity contribution >= 4 is 46.0 Å². The molecule has 0 bridgehead atoms. The van der Waals surface area contributed by atoms with Crippen LogP contribution in [-0.4, -0.2) is 86.1 Å². The minimum Gasteiger partial charge on any atom is -0.465 e. The van der Waals surface area contributed by atoms with Gasteiger partial charge in [0.05, 0.1) is 41.6 Å². The Morgan fingerprint density at radius 1 is 1.02 bits per heavy atom. The van der Waals surface area contributed by atoms with Crippen LogP contribution in [0.5, 0.6) is 0 Å². The number of unbranched alkanes of at least 4 members (excludes halogenated alkanes) is 1. The predicted octanol–water partition coefficient (Wildman–Crippen LogP) is 4.91. The van der Waals surface area contributed by atoms with Crippen LogP contribution < -0.4 is 5.32 Å². The summed E-state index contributed by atoms with van der Waals surface area (Å²) in [4.78, 5) is 55.5. The molecule has 4 unspecified atom stereocenters. The van der Waals surface area contributed by atoms with Crippen LogP contribution >= 0.6 is 11.8 Å². The maximum Gasteiger partial charge on any atom is 0.309 e. The van der Waals surface area contributed by atoms with Gasteiger partial charge in [-0.25, -0.2) is 6.57 Å². The van der Waals surface area contributed by atoms with Crippen LogP contribution in [0.2, 0.25) is 0 Å². The van der Waals surface area contributed by atoms with Gasteiger partial charge in [0.1, 0.15) is 12.9 Å². The smallest absolute Gasteiger partial charge is 0.309 e. The van der Waals surface area contributed by atoms with Crippen LogP contribution in [0.4, 0.5) is 0 Å². The summed E-state index contributed by atoms with van der Waals surface area (Å²) >= 11 is 1.20. The molecule has 0 heterocycles. The highest BCUT2D eigenvalue weighted by Gasteiger charge is 2.40. The number of amides is 1. The summed E-state index contributed by atoms with van der Waals surface area (Å²) < 4.78 is 48.7. The van der Waals surface area contributed by atoms with Crippen LogP contribution in [0, 0.1) is 18.4 Å². The predicted molar refractivity (Wildman–Crippen MR) is 180 cm³/mol. The zero-order chi connectivity index (χ0) is 35.7. The van der Waals surface area contributed by atoms with E-state index in [0.717, 1.165) is 12.0 Å². The highest BCUT2D eigenvalue weighted by molar-refractivity contribution is 7.99. The molecule has 14 heteroatoms. The fraction of sp³-hybridized carbons (Fsp3) is 0.667. The van der Waals surface area contributed by atoms with Crippen molar-refractivity contribution in [1.82, 2.24) is 5.32 Å². The summed E-state index contributed by atoms with van der Waals surface area (Å²) in [5, 5.41) is 1.77. The lowest BCUT2D eigenvalue weighted by Crippen LogP contribution is -2.51. The summed E-state index contributed by atoms with van der Waals surface area (Å²) in [6.45, 7) is 16.5. The Labute approximate surface area is 283 Å². The van der Waals surface area contributed by atoms with Gasteiger partial charge in [0, 0.05) is 38.2 Å². The number of benzene rings is 1. The van der Waals surface area contributed by atoms with Crippen LogP contribution in [0.25, 0.3) is 4.85 Å². The topological polar surface area (TPSA) is 167 Å². The first kappa shape index (κ1) is 42.0. The van der Waals surface area contributed by atoms with Gasteiger partial charge < -0.3 is 24.4 Å². The Kier molecular flexibility index (Phi) is 18.2. The molecule has 0 aliphatic heterocycles. The van der Waals surface area contributed by atoms with Crippen LogP contribution in [0.1, 0.15) is 89.1 Å². The van der Waals surface area contributed by atoms with Crippen molar-refractivity contribution in [3.8, 4) is 0 Å². The van der Waals surface area contributed by atoms with Crippen molar-refractivity contribution in [3.63, 3.8) is 0 Å². The number of hydrogen-bond donors (Lipinski definition) is 2. The molecule has 0 aliphatic rings. The summed E-state index contributed by atoms with van der Waals surface area (Å²) in [6.07, 6.45) is 2.56. The van der Waals surface area contributed by atoms with E-state index in [1.54, 1.807) is 31.2 Å². The largest absolute Gasteiger partial charge is 0.465 e. The molecule has 47 heavy (non-hydrogen) atoms. The maximum absolute atomic E-state index is 13.7. The van der Waals surface area contributed by atoms with Gasteiger partial charge >= 0.3 is 11.9 Å². The zero-order valence-electron chi connectivity index (χ0n) is 28.3. The second-order valence-corrected chi connectivity index (χ2v) is 15.1. The highest BCUT2D eigenvalue weighted by atomic mass is 32.2. The molecule has 4 atom stereocenters. The van der Waals surface area contributed by atoms with Crippen molar-refractivity contribution in [2.75, 3.05) is 32.7 Å². The molecule has 0 saturated carbocycles. The fourth-order valence-electron chi connectivity index (χ4n) is 4.78. The molecule has 264 valence electrons. The normalized spacial score (nSPS) is 14.9. The van der Waals surface area contributed by atoms with E-state index in [4.69, 9.17) is 20.8 Å². The lowest BCUT2D eigenvalue weighted by Gasteiger charge is -2.30. The van der Waals surface area contributed by atoms with Crippen molar-refractivity contribution in [1.29, 1.82) is 0 Å². The van der Waals surface area contributed by atoms with Gasteiger partial charge in [-0.1, -0.05) is 44.5 Å². The molecule has 0 spiro atoms. The Balaban J connectivity index is 3.51. The molecule has 1 aromatic rings. The van der Waals surface area contributed by atoms with Crippen LogP contribution in [0.15, 0.2) is 24.3 Å². The Morgan fingerprint density at radius 3 is 2.17 bits per heavy atom. The van der Waals surface area contributed by atoms with E-state index in [0.29, 0.717) is 30.4 Å². The number of methoxy groups -OCH3 is 1. The summed E-state index contributed by atoms with van der Waals surface area (Å²) in [5.41, 5.74) is -0.969. The number of nitrogens with one attached hydrogen (secondary N) is 1. The van der Waals surface area contributed by atoms with Crippen LogP contribution in [0.3, 0.4) is 0 Å². The van der Waals surface area contributed by atoms with Crippen molar-refractivity contribution in [3.05, 3.63) is 46.8 Å². The molecule has 0 fully saturated rings. The number of rotatable bonds is 23. The van der Waals surface area contributed by atoms with Gasteiger partial charge in [0.15, 0.2) is 0 Å².